The van der Waals surface area contributed by atoms with Crippen molar-refractivity contribution in [3.63, 3.8) is 0 Å². The van der Waals surface area contributed by atoms with Crippen molar-refractivity contribution in [2.75, 3.05) is 0 Å². The lowest BCUT2D eigenvalue weighted by atomic mass is 9.84. The standard InChI is InChI=1S/C44H48N2/c1-12-13-14-26-15-16-36-30(18-26)33-21-28(43(6,7)8)22-35-31-24-38-32(23-37(31)45(36)41(33)35)34-20-27(42(3,4)5)19-29-25(2)17-39(44(9,10)11)46(38)40(29)34/h15-24H,2,12-14H2,1,3-11H3. The van der Waals surface area contributed by atoms with E-state index >= 15 is 0 Å². The number of hydrogen-bond acceptors (Lipinski definition) is 0. The average Bonchev–Trinajstić information content (AvgIpc) is 3.59. The normalized spacial score (nSPS) is 13.8. The van der Waals surface area contributed by atoms with Crippen LogP contribution in [0.4, 0.5) is 0 Å². The monoisotopic (exact) mass is 604 g/mol. The molecule has 2 heteroatoms. The highest BCUT2D eigenvalue weighted by Gasteiger charge is 2.27. The largest absolute Gasteiger partial charge is 0.312 e. The van der Waals surface area contributed by atoms with E-state index in [1.54, 1.807) is 0 Å². The quantitative estimate of drug-likeness (QED) is 0.190. The molecule has 4 heterocycles. The minimum absolute atomic E-state index is 0.0298. The molecule has 4 aromatic carbocycles. The topological polar surface area (TPSA) is 8.82 Å². The van der Waals surface area contributed by atoms with Gasteiger partial charge in [0.1, 0.15) is 0 Å². The number of hydrogen-bond donors (Lipinski definition) is 0. The van der Waals surface area contributed by atoms with Gasteiger partial charge in [-0.3, -0.25) is 0 Å². The Bertz CT molecular complexity index is 2560. The van der Waals surface area contributed by atoms with Gasteiger partial charge in [0, 0.05) is 48.8 Å². The van der Waals surface area contributed by atoms with Crippen LogP contribution in [0.1, 0.15) is 104 Å². The van der Waals surface area contributed by atoms with E-state index in [-0.39, 0.29) is 16.2 Å². The first-order valence-electron chi connectivity index (χ1n) is 17.3. The molecule has 0 aliphatic rings. The maximum absolute atomic E-state index is 4.60. The van der Waals surface area contributed by atoms with Crippen LogP contribution in [0.2, 0.25) is 0 Å². The minimum atomic E-state index is -0.0440. The molecule has 0 unspecified atom stereocenters. The van der Waals surface area contributed by atoms with Gasteiger partial charge in [-0.1, -0.05) is 88.3 Å². The van der Waals surface area contributed by atoms with Crippen LogP contribution in [0.25, 0.3) is 71.9 Å². The summed E-state index contributed by atoms with van der Waals surface area (Å²) < 4.78 is 5.14. The minimum Gasteiger partial charge on any atom is -0.312 e. The Morgan fingerprint density at radius 3 is 1.54 bits per heavy atom. The molecule has 46 heavy (non-hydrogen) atoms. The first-order chi connectivity index (χ1) is 21.6. The first-order valence-corrected chi connectivity index (χ1v) is 17.3. The van der Waals surface area contributed by atoms with Gasteiger partial charge in [0.15, 0.2) is 0 Å². The summed E-state index contributed by atoms with van der Waals surface area (Å²) in [6.45, 7) is 27.9. The maximum Gasteiger partial charge on any atom is 0.0620 e. The van der Waals surface area contributed by atoms with Crippen LogP contribution in [-0.2, 0) is 22.7 Å². The fraction of sp³-hybridized carbons (Fsp3) is 0.364. The Morgan fingerprint density at radius 2 is 1.02 bits per heavy atom. The molecule has 4 aromatic heterocycles. The van der Waals surface area contributed by atoms with Crippen LogP contribution < -0.4 is 5.22 Å². The number of unbranched alkanes of at least 4 members (excludes halogenated alkanes) is 1. The highest BCUT2D eigenvalue weighted by Crippen LogP contribution is 2.45. The third-order valence-corrected chi connectivity index (χ3v) is 10.7. The molecule has 0 bridgehead atoms. The lowest BCUT2D eigenvalue weighted by Gasteiger charge is -2.24. The predicted molar refractivity (Wildman–Crippen MR) is 203 cm³/mol. The summed E-state index contributed by atoms with van der Waals surface area (Å²) in [7, 11) is 0. The molecule has 0 fully saturated rings. The van der Waals surface area contributed by atoms with E-state index in [1.165, 1.54) is 101 Å². The molecule has 0 atom stereocenters. The van der Waals surface area contributed by atoms with Gasteiger partial charge in [-0.05, 0) is 100 Å². The Hall–Kier alpha value is -4.04. The SMILES string of the molecule is C=c1cc(C(C)(C)C)n2c3cc4c5cc(C(C)(C)C)cc6c7cc(CCCC)ccc7n(c4cc3c3cc(C(C)(C)C)cc1c32)c65. The van der Waals surface area contributed by atoms with E-state index in [0.717, 1.165) is 11.6 Å². The molecule has 0 saturated carbocycles. The molecule has 0 aliphatic heterocycles. The van der Waals surface area contributed by atoms with Gasteiger partial charge in [0.25, 0.3) is 0 Å². The number of rotatable bonds is 3. The van der Waals surface area contributed by atoms with Crippen LogP contribution in [0.5, 0.6) is 0 Å². The molecule has 0 radical (unpaired) electrons. The smallest absolute Gasteiger partial charge is 0.0620 e. The van der Waals surface area contributed by atoms with Crippen LogP contribution >= 0.6 is 0 Å². The molecule has 0 amide bonds. The number of nitrogens with zero attached hydrogens (tertiary/aromatic N) is 2. The summed E-state index contributed by atoms with van der Waals surface area (Å²) in [6, 6.07) is 24.4. The summed E-state index contributed by atoms with van der Waals surface area (Å²) in [5.74, 6) is 0. The van der Waals surface area contributed by atoms with Crippen molar-refractivity contribution in [1.29, 1.82) is 0 Å². The number of aryl methyl sites for hydroxylation is 1. The van der Waals surface area contributed by atoms with Crippen molar-refractivity contribution < 1.29 is 0 Å². The molecular weight excluding hydrogens is 556 g/mol. The van der Waals surface area contributed by atoms with E-state index in [9.17, 15) is 0 Å². The molecule has 0 aliphatic carbocycles. The second kappa shape index (κ2) is 9.28. The third-order valence-electron chi connectivity index (χ3n) is 10.7. The highest BCUT2D eigenvalue weighted by molar-refractivity contribution is 6.27. The third kappa shape index (κ3) is 4.01. The van der Waals surface area contributed by atoms with Crippen molar-refractivity contribution in [1.82, 2.24) is 8.80 Å². The molecule has 8 rings (SSSR count). The van der Waals surface area contributed by atoms with E-state index in [4.69, 9.17) is 0 Å². The highest BCUT2D eigenvalue weighted by atomic mass is 14.9. The summed E-state index contributed by atoms with van der Waals surface area (Å²) >= 11 is 0. The van der Waals surface area contributed by atoms with E-state index in [0.29, 0.717) is 0 Å². The summed E-state index contributed by atoms with van der Waals surface area (Å²) in [5.41, 5.74) is 12.1. The zero-order valence-corrected chi connectivity index (χ0v) is 29.5. The van der Waals surface area contributed by atoms with Gasteiger partial charge in [-0.15, -0.1) is 0 Å². The number of aromatic nitrogens is 2. The van der Waals surface area contributed by atoms with Crippen molar-refractivity contribution in [3.8, 4) is 0 Å². The Morgan fingerprint density at radius 1 is 0.522 bits per heavy atom. The average molecular weight is 605 g/mol. The molecule has 8 aromatic rings. The van der Waals surface area contributed by atoms with Gasteiger partial charge in [-0.25, -0.2) is 0 Å². The van der Waals surface area contributed by atoms with Crippen molar-refractivity contribution in [2.45, 2.75) is 105 Å². The van der Waals surface area contributed by atoms with Gasteiger partial charge >= 0.3 is 0 Å². The van der Waals surface area contributed by atoms with Crippen molar-refractivity contribution in [3.05, 3.63) is 88.3 Å². The van der Waals surface area contributed by atoms with Gasteiger partial charge in [0.2, 0.25) is 0 Å². The first kappa shape index (κ1) is 29.4. The zero-order valence-electron chi connectivity index (χ0n) is 29.5. The van der Waals surface area contributed by atoms with E-state index in [1.807, 2.05) is 0 Å². The van der Waals surface area contributed by atoms with Crippen LogP contribution in [0, 0.1) is 0 Å². The fourth-order valence-corrected chi connectivity index (χ4v) is 7.99. The number of fused-ring (bicyclic) bond motifs is 9. The lowest BCUT2D eigenvalue weighted by Crippen LogP contribution is -2.20. The van der Waals surface area contributed by atoms with Crippen molar-refractivity contribution >= 4 is 71.9 Å². The Balaban J connectivity index is 1.61. The summed E-state index contributed by atoms with van der Waals surface area (Å²) in [5, 5.41) is 10.5. The molecule has 234 valence electrons. The predicted octanol–water partition coefficient (Wildman–Crippen LogP) is 11.8. The molecular formula is C44H48N2. The van der Waals surface area contributed by atoms with Gasteiger partial charge in [0.05, 0.1) is 27.6 Å². The van der Waals surface area contributed by atoms with Gasteiger partial charge < -0.3 is 8.80 Å². The van der Waals surface area contributed by atoms with Crippen LogP contribution in [0.3, 0.4) is 0 Å². The Kier molecular flexibility index (Phi) is 5.92. The maximum atomic E-state index is 4.60. The summed E-state index contributed by atoms with van der Waals surface area (Å²) in [6.07, 6.45) is 3.58. The number of pyridine rings is 1. The second-order valence-electron chi connectivity index (χ2n) is 17.2. The lowest BCUT2D eigenvalue weighted by molar-refractivity contribution is 0.563. The molecule has 0 spiro atoms. The van der Waals surface area contributed by atoms with Crippen LogP contribution in [0.15, 0.2) is 60.7 Å². The van der Waals surface area contributed by atoms with E-state index in [2.05, 4.69) is 145 Å². The number of benzene rings is 4. The van der Waals surface area contributed by atoms with Crippen LogP contribution in [-0.4, -0.2) is 8.80 Å². The van der Waals surface area contributed by atoms with E-state index < -0.39 is 0 Å². The fourth-order valence-electron chi connectivity index (χ4n) is 7.99. The summed E-state index contributed by atoms with van der Waals surface area (Å²) in [4.78, 5) is 0. The molecule has 0 N–H and O–H groups in total. The molecule has 0 saturated heterocycles. The zero-order chi connectivity index (χ0) is 32.7. The second-order valence-corrected chi connectivity index (χ2v) is 17.2. The van der Waals surface area contributed by atoms with Gasteiger partial charge in [-0.2, -0.15) is 0 Å². The Labute approximate surface area is 273 Å². The molecule has 2 nitrogen and oxygen atoms in total. The van der Waals surface area contributed by atoms with Crippen molar-refractivity contribution in [2.24, 2.45) is 0 Å².